The SMILES string of the molecule is CC(Oc1ccc([N+](=O)[O-])cc1)C(=O)NN=Cc1ccccc1O. The van der Waals surface area contributed by atoms with Gasteiger partial charge >= 0.3 is 0 Å². The number of carbonyl (C=O) groups excluding carboxylic acids is 1. The van der Waals surface area contributed by atoms with E-state index < -0.39 is 16.9 Å². The van der Waals surface area contributed by atoms with Gasteiger partial charge in [0.1, 0.15) is 11.5 Å². The molecule has 0 aromatic heterocycles. The highest BCUT2D eigenvalue weighted by atomic mass is 16.6. The van der Waals surface area contributed by atoms with Crippen LogP contribution < -0.4 is 10.2 Å². The lowest BCUT2D eigenvalue weighted by atomic mass is 10.2. The smallest absolute Gasteiger partial charge is 0.280 e. The molecule has 2 rings (SSSR count). The van der Waals surface area contributed by atoms with Crippen molar-refractivity contribution < 1.29 is 19.6 Å². The van der Waals surface area contributed by atoms with E-state index in [-0.39, 0.29) is 11.4 Å². The monoisotopic (exact) mass is 329 g/mol. The number of phenolic OH excluding ortho intramolecular Hbond substituents is 1. The van der Waals surface area contributed by atoms with Crippen LogP contribution in [0.5, 0.6) is 11.5 Å². The Balaban J connectivity index is 1.90. The van der Waals surface area contributed by atoms with Gasteiger partial charge in [0.25, 0.3) is 11.6 Å². The van der Waals surface area contributed by atoms with E-state index in [1.165, 1.54) is 43.5 Å². The zero-order valence-electron chi connectivity index (χ0n) is 12.7. The first kappa shape index (κ1) is 16.9. The average Bonchev–Trinajstić information content (AvgIpc) is 2.57. The van der Waals surface area contributed by atoms with Gasteiger partial charge < -0.3 is 9.84 Å². The van der Waals surface area contributed by atoms with Gasteiger partial charge in [0.2, 0.25) is 0 Å². The molecule has 8 heteroatoms. The fourth-order valence-electron chi connectivity index (χ4n) is 1.76. The molecule has 2 aromatic carbocycles. The van der Waals surface area contributed by atoms with Crippen LogP contribution in [0, 0.1) is 10.1 Å². The van der Waals surface area contributed by atoms with Crippen molar-refractivity contribution in [2.24, 2.45) is 5.10 Å². The van der Waals surface area contributed by atoms with Gasteiger partial charge in [0.15, 0.2) is 6.10 Å². The van der Waals surface area contributed by atoms with E-state index in [0.29, 0.717) is 11.3 Å². The van der Waals surface area contributed by atoms with Crippen molar-refractivity contribution in [3.63, 3.8) is 0 Å². The predicted molar refractivity (Wildman–Crippen MR) is 87.0 cm³/mol. The summed E-state index contributed by atoms with van der Waals surface area (Å²) in [5, 5.41) is 23.9. The highest BCUT2D eigenvalue weighted by Crippen LogP contribution is 2.18. The van der Waals surface area contributed by atoms with E-state index >= 15 is 0 Å². The van der Waals surface area contributed by atoms with Gasteiger partial charge in [0, 0.05) is 17.7 Å². The standard InChI is InChI=1S/C16H15N3O5/c1-11(24-14-8-6-13(7-9-14)19(22)23)16(21)18-17-10-12-4-2-3-5-15(12)20/h2-11,20H,1H3,(H,18,21). The first-order valence-electron chi connectivity index (χ1n) is 6.99. The third-order valence-corrected chi connectivity index (χ3v) is 3.04. The van der Waals surface area contributed by atoms with Crippen molar-refractivity contribution in [2.75, 3.05) is 0 Å². The van der Waals surface area contributed by atoms with Crippen molar-refractivity contribution >= 4 is 17.8 Å². The van der Waals surface area contributed by atoms with Crippen LogP contribution >= 0.6 is 0 Å². The van der Waals surface area contributed by atoms with Crippen LogP contribution in [0.25, 0.3) is 0 Å². The van der Waals surface area contributed by atoms with Crippen LogP contribution in [-0.2, 0) is 4.79 Å². The molecule has 8 nitrogen and oxygen atoms in total. The Labute approximate surface area is 137 Å². The number of nitro benzene ring substituents is 1. The molecule has 0 aliphatic carbocycles. The molecule has 0 fully saturated rings. The molecule has 1 unspecified atom stereocenters. The molecule has 1 amide bonds. The minimum Gasteiger partial charge on any atom is -0.507 e. The molecule has 0 heterocycles. The van der Waals surface area contributed by atoms with E-state index in [9.17, 15) is 20.0 Å². The molecular formula is C16H15N3O5. The van der Waals surface area contributed by atoms with Gasteiger partial charge in [-0.05, 0) is 31.2 Å². The minimum absolute atomic E-state index is 0.0469. The summed E-state index contributed by atoms with van der Waals surface area (Å²) in [6.45, 7) is 1.52. The molecule has 24 heavy (non-hydrogen) atoms. The summed E-state index contributed by atoms with van der Waals surface area (Å²) >= 11 is 0. The predicted octanol–water partition coefficient (Wildman–Crippen LogP) is 2.22. The van der Waals surface area contributed by atoms with Crippen LogP contribution in [0.3, 0.4) is 0 Å². The maximum atomic E-state index is 11.9. The summed E-state index contributed by atoms with van der Waals surface area (Å²) in [5.41, 5.74) is 2.69. The molecule has 0 radical (unpaired) electrons. The highest BCUT2D eigenvalue weighted by Gasteiger charge is 2.14. The van der Waals surface area contributed by atoms with E-state index in [4.69, 9.17) is 4.74 Å². The van der Waals surface area contributed by atoms with Crippen LogP contribution in [0.15, 0.2) is 53.6 Å². The summed E-state index contributed by atoms with van der Waals surface area (Å²) in [4.78, 5) is 21.9. The third-order valence-electron chi connectivity index (χ3n) is 3.04. The lowest BCUT2D eigenvalue weighted by molar-refractivity contribution is -0.384. The number of benzene rings is 2. The molecule has 1 atom stereocenters. The lowest BCUT2D eigenvalue weighted by Crippen LogP contribution is -2.33. The second kappa shape index (κ2) is 7.73. The number of amides is 1. The number of nitrogens with one attached hydrogen (secondary N) is 1. The van der Waals surface area contributed by atoms with Gasteiger partial charge in [-0.2, -0.15) is 5.10 Å². The normalized spacial score (nSPS) is 11.9. The largest absolute Gasteiger partial charge is 0.507 e. The number of hydrazone groups is 1. The molecule has 0 saturated heterocycles. The third kappa shape index (κ3) is 4.54. The van der Waals surface area contributed by atoms with Gasteiger partial charge in [-0.25, -0.2) is 5.43 Å². The molecule has 2 aromatic rings. The van der Waals surface area contributed by atoms with E-state index in [0.717, 1.165) is 0 Å². The Bertz CT molecular complexity index is 759. The van der Waals surface area contributed by atoms with Crippen molar-refractivity contribution in [2.45, 2.75) is 13.0 Å². The number of nitro groups is 1. The van der Waals surface area contributed by atoms with Gasteiger partial charge in [-0.15, -0.1) is 0 Å². The fraction of sp³-hybridized carbons (Fsp3) is 0.125. The zero-order chi connectivity index (χ0) is 17.5. The van der Waals surface area contributed by atoms with Crippen LogP contribution in [0.1, 0.15) is 12.5 Å². The molecular weight excluding hydrogens is 314 g/mol. The van der Waals surface area contributed by atoms with Crippen LogP contribution in [-0.4, -0.2) is 28.3 Å². The molecule has 0 spiro atoms. The van der Waals surface area contributed by atoms with Crippen molar-refractivity contribution in [3.05, 3.63) is 64.2 Å². The first-order valence-corrected chi connectivity index (χ1v) is 6.99. The Hall–Kier alpha value is -3.42. The highest BCUT2D eigenvalue weighted by molar-refractivity contribution is 5.86. The van der Waals surface area contributed by atoms with Gasteiger partial charge in [0.05, 0.1) is 11.1 Å². The maximum absolute atomic E-state index is 11.9. The Kier molecular flexibility index (Phi) is 5.45. The number of ether oxygens (including phenoxy) is 1. The minimum atomic E-state index is -0.854. The van der Waals surface area contributed by atoms with Gasteiger partial charge in [-0.3, -0.25) is 14.9 Å². The summed E-state index contributed by atoms with van der Waals surface area (Å²) in [6.07, 6.45) is 0.458. The number of non-ortho nitro benzene ring substituents is 1. The zero-order valence-corrected chi connectivity index (χ0v) is 12.7. The number of para-hydroxylation sites is 1. The number of phenols is 1. The van der Waals surface area contributed by atoms with Crippen molar-refractivity contribution in [3.8, 4) is 11.5 Å². The second-order valence-electron chi connectivity index (χ2n) is 4.80. The summed E-state index contributed by atoms with van der Waals surface area (Å²) in [7, 11) is 0. The molecule has 124 valence electrons. The molecule has 0 bridgehead atoms. The van der Waals surface area contributed by atoms with E-state index in [1.807, 2.05) is 0 Å². The average molecular weight is 329 g/mol. The summed E-state index contributed by atoms with van der Waals surface area (Å²) in [6, 6.07) is 11.9. The van der Waals surface area contributed by atoms with Gasteiger partial charge in [-0.1, -0.05) is 12.1 Å². The quantitative estimate of drug-likeness (QED) is 0.479. The van der Waals surface area contributed by atoms with Crippen LogP contribution in [0.4, 0.5) is 5.69 Å². The lowest BCUT2D eigenvalue weighted by Gasteiger charge is -2.12. The molecule has 0 aliphatic rings. The number of hydrogen-bond acceptors (Lipinski definition) is 6. The number of carbonyl (C=O) groups is 1. The van der Waals surface area contributed by atoms with Crippen LogP contribution in [0.2, 0.25) is 0 Å². The first-order chi connectivity index (χ1) is 11.5. The molecule has 2 N–H and O–H groups in total. The van der Waals surface area contributed by atoms with Crippen molar-refractivity contribution in [1.82, 2.24) is 5.43 Å². The Morgan fingerprint density at radius 3 is 2.58 bits per heavy atom. The molecule has 0 aliphatic heterocycles. The number of hydrogen-bond donors (Lipinski definition) is 2. The number of nitrogens with zero attached hydrogens (tertiary/aromatic N) is 2. The topological polar surface area (TPSA) is 114 Å². The van der Waals surface area contributed by atoms with E-state index in [2.05, 4.69) is 10.5 Å². The van der Waals surface area contributed by atoms with E-state index in [1.54, 1.807) is 18.2 Å². The Morgan fingerprint density at radius 1 is 1.29 bits per heavy atom. The van der Waals surface area contributed by atoms with Crippen molar-refractivity contribution in [1.29, 1.82) is 0 Å². The Morgan fingerprint density at radius 2 is 1.96 bits per heavy atom. The fourth-order valence-corrected chi connectivity index (χ4v) is 1.76. The summed E-state index contributed by atoms with van der Waals surface area (Å²) in [5.74, 6) is -0.126. The number of aromatic hydroxyl groups is 1. The summed E-state index contributed by atoms with van der Waals surface area (Å²) < 4.78 is 5.38. The number of rotatable bonds is 6. The molecule has 0 saturated carbocycles. The second-order valence-corrected chi connectivity index (χ2v) is 4.80. The maximum Gasteiger partial charge on any atom is 0.280 e.